The Bertz CT molecular complexity index is 1370. The molecule has 0 aliphatic carbocycles. The maximum absolute atomic E-state index is 14.0. The molecule has 0 fully saturated rings. The average molecular weight is 527 g/mol. The van der Waals surface area contributed by atoms with Gasteiger partial charge in [-0.25, -0.2) is 0 Å². The predicted octanol–water partition coefficient (Wildman–Crippen LogP) is 7.40. The molecule has 1 atom stereocenters. The van der Waals surface area contributed by atoms with Gasteiger partial charge in [0.05, 0.1) is 16.6 Å². The van der Waals surface area contributed by atoms with Crippen LogP contribution >= 0.6 is 23.5 Å². The lowest BCUT2D eigenvalue weighted by atomic mass is 10.2. The van der Waals surface area contributed by atoms with Crippen LogP contribution in [0.15, 0.2) is 118 Å². The van der Waals surface area contributed by atoms with Gasteiger partial charge in [0.2, 0.25) is 5.91 Å². The van der Waals surface area contributed by atoms with E-state index < -0.39 is 0 Å². The molecular formula is C30H26N2O3S2. The summed E-state index contributed by atoms with van der Waals surface area (Å²) in [7, 11) is 0. The number of nitrogens with zero attached hydrogens (tertiary/aromatic N) is 1. The van der Waals surface area contributed by atoms with Crippen molar-refractivity contribution < 1.29 is 14.3 Å². The number of nitrogens with one attached hydrogen (secondary N) is 1. The molecule has 1 aliphatic heterocycles. The van der Waals surface area contributed by atoms with Crippen LogP contribution in [0.3, 0.4) is 0 Å². The molecule has 1 aliphatic rings. The maximum atomic E-state index is 14.0. The van der Waals surface area contributed by atoms with Crippen molar-refractivity contribution in [2.45, 2.75) is 33.3 Å². The lowest BCUT2D eigenvalue weighted by Gasteiger charge is -2.33. The smallest absolute Gasteiger partial charge is 0.262 e. The van der Waals surface area contributed by atoms with Gasteiger partial charge in [-0.1, -0.05) is 67.2 Å². The van der Waals surface area contributed by atoms with Crippen LogP contribution in [0, 0.1) is 0 Å². The van der Waals surface area contributed by atoms with Crippen molar-refractivity contribution in [3.8, 4) is 5.75 Å². The standard InChI is InChI=1S/C30H26N2O3S2/c1-2-26(30(34)32-24-15-6-8-17-27(24)37-28-18-9-7-16-25(28)32)36-23-14-10-11-21(19-23)31-29(33)20-35-22-12-4-3-5-13-22/h3-19,26H,2,20H2,1H3,(H,31,33). The highest BCUT2D eigenvalue weighted by atomic mass is 32.2. The summed E-state index contributed by atoms with van der Waals surface area (Å²) >= 11 is 3.20. The first kappa shape index (κ1) is 25.0. The van der Waals surface area contributed by atoms with Gasteiger partial charge in [-0.05, 0) is 61.0 Å². The number of rotatable bonds is 8. The fourth-order valence-electron chi connectivity index (χ4n) is 4.07. The SMILES string of the molecule is CCC(Sc1cccc(NC(=O)COc2ccccc2)c1)C(=O)N1c2ccccc2Sc2ccccc21. The summed E-state index contributed by atoms with van der Waals surface area (Å²) < 4.78 is 5.54. The lowest BCUT2D eigenvalue weighted by Crippen LogP contribution is -2.35. The van der Waals surface area contributed by atoms with Crippen LogP contribution in [0.5, 0.6) is 5.75 Å². The third-order valence-corrected chi connectivity index (χ3v) is 8.28. The molecule has 7 heteroatoms. The van der Waals surface area contributed by atoms with Crippen LogP contribution in [0.25, 0.3) is 0 Å². The van der Waals surface area contributed by atoms with Crippen molar-refractivity contribution >= 4 is 52.4 Å². The Morgan fingerprint density at radius 3 is 2.19 bits per heavy atom. The molecular weight excluding hydrogens is 500 g/mol. The summed E-state index contributed by atoms with van der Waals surface area (Å²) in [6.07, 6.45) is 0.666. The predicted molar refractivity (Wildman–Crippen MR) is 151 cm³/mol. The minimum absolute atomic E-state index is 0.0402. The minimum atomic E-state index is -0.295. The zero-order valence-electron chi connectivity index (χ0n) is 20.3. The van der Waals surface area contributed by atoms with Gasteiger partial charge in [-0.2, -0.15) is 0 Å². The van der Waals surface area contributed by atoms with Gasteiger partial charge < -0.3 is 10.1 Å². The van der Waals surface area contributed by atoms with Crippen LogP contribution in [0.4, 0.5) is 17.1 Å². The number of anilines is 3. The topological polar surface area (TPSA) is 58.6 Å². The quantitative estimate of drug-likeness (QED) is 0.242. The Morgan fingerprint density at radius 1 is 0.865 bits per heavy atom. The Hall–Kier alpha value is -3.68. The van der Waals surface area contributed by atoms with E-state index >= 15 is 0 Å². The monoisotopic (exact) mass is 526 g/mol. The number of para-hydroxylation sites is 3. The van der Waals surface area contributed by atoms with Gasteiger partial charge in [-0.3, -0.25) is 14.5 Å². The highest BCUT2D eigenvalue weighted by Gasteiger charge is 2.32. The second-order valence-corrected chi connectivity index (χ2v) is 10.8. The van der Waals surface area contributed by atoms with E-state index in [1.807, 2.05) is 103 Å². The molecule has 1 N–H and O–H groups in total. The van der Waals surface area contributed by atoms with Gasteiger partial charge in [0, 0.05) is 20.4 Å². The maximum Gasteiger partial charge on any atom is 0.262 e. The van der Waals surface area contributed by atoms with Crippen molar-refractivity contribution in [3.05, 3.63) is 103 Å². The Morgan fingerprint density at radius 2 is 1.51 bits per heavy atom. The number of carbonyl (C=O) groups is 2. The molecule has 0 spiro atoms. The van der Waals surface area contributed by atoms with Crippen molar-refractivity contribution in [2.75, 3.05) is 16.8 Å². The van der Waals surface area contributed by atoms with Crippen molar-refractivity contribution in [3.63, 3.8) is 0 Å². The van der Waals surface area contributed by atoms with E-state index in [9.17, 15) is 9.59 Å². The highest BCUT2D eigenvalue weighted by Crippen LogP contribution is 2.48. The first-order valence-corrected chi connectivity index (χ1v) is 13.8. The molecule has 2 amide bonds. The van der Waals surface area contributed by atoms with Gasteiger partial charge in [0.1, 0.15) is 5.75 Å². The molecule has 1 unspecified atom stereocenters. The fraction of sp³-hybridized carbons (Fsp3) is 0.133. The number of hydrogen-bond donors (Lipinski definition) is 1. The van der Waals surface area contributed by atoms with Crippen LogP contribution in [0.1, 0.15) is 13.3 Å². The van der Waals surface area contributed by atoms with Gasteiger partial charge >= 0.3 is 0 Å². The van der Waals surface area contributed by atoms with E-state index in [4.69, 9.17) is 4.74 Å². The number of thioether (sulfide) groups is 1. The third kappa shape index (κ3) is 5.84. The van der Waals surface area contributed by atoms with Crippen molar-refractivity contribution in [1.82, 2.24) is 0 Å². The molecule has 4 aromatic carbocycles. The van der Waals surface area contributed by atoms with E-state index in [1.165, 1.54) is 11.8 Å². The van der Waals surface area contributed by atoms with Crippen molar-refractivity contribution in [1.29, 1.82) is 0 Å². The first-order chi connectivity index (χ1) is 18.1. The van der Waals surface area contributed by atoms with E-state index in [-0.39, 0.29) is 23.7 Å². The summed E-state index contributed by atoms with van der Waals surface area (Å²) in [6, 6.07) is 32.9. The molecule has 0 radical (unpaired) electrons. The van der Waals surface area contributed by atoms with E-state index in [2.05, 4.69) is 17.4 Å². The summed E-state index contributed by atoms with van der Waals surface area (Å²) in [4.78, 5) is 31.3. The molecule has 1 heterocycles. The van der Waals surface area contributed by atoms with Crippen LogP contribution in [0.2, 0.25) is 0 Å². The minimum Gasteiger partial charge on any atom is -0.484 e. The highest BCUT2D eigenvalue weighted by molar-refractivity contribution is 8.00. The molecule has 0 bridgehead atoms. The van der Waals surface area contributed by atoms with Gasteiger partial charge in [0.15, 0.2) is 6.61 Å². The number of ether oxygens (including phenoxy) is 1. The van der Waals surface area contributed by atoms with Crippen molar-refractivity contribution in [2.24, 2.45) is 0 Å². The zero-order valence-corrected chi connectivity index (χ0v) is 21.9. The number of hydrogen-bond acceptors (Lipinski definition) is 5. The fourth-order valence-corrected chi connectivity index (χ4v) is 6.18. The Kier molecular flexibility index (Phi) is 7.82. The van der Waals surface area contributed by atoms with Gasteiger partial charge in [0.25, 0.3) is 5.91 Å². The molecule has 0 saturated carbocycles. The van der Waals surface area contributed by atoms with E-state index in [1.54, 1.807) is 11.8 Å². The average Bonchev–Trinajstić information content (AvgIpc) is 2.94. The summed E-state index contributed by atoms with van der Waals surface area (Å²) in [5, 5.41) is 2.59. The number of carbonyl (C=O) groups excluding carboxylic acids is 2. The molecule has 0 aromatic heterocycles. The molecule has 186 valence electrons. The Labute approximate surface area is 225 Å². The van der Waals surface area contributed by atoms with Gasteiger partial charge in [-0.15, -0.1) is 11.8 Å². The summed E-state index contributed by atoms with van der Waals surface area (Å²) in [5.74, 6) is 0.442. The van der Waals surface area contributed by atoms with Crippen LogP contribution < -0.4 is 15.0 Å². The largest absolute Gasteiger partial charge is 0.484 e. The summed E-state index contributed by atoms with van der Waals surface area (Å²) in [6.45, 7) is 1.95. The molecule has 4 aromatic rings. The Balaban J connectivity index is 1.30. The zero-order chi connectivity index (χ0) is 25.6. The molecule has 5 rings (SSSR count). The van der Waals surface area contributed by atoms with Crippen LogP contribution in [-0.2, 0) is 9.59 Å². The number of fused-ring (bicyclic) bond motifs is 2. The van der Waals surface area contributed by atoms with Crippen LogP contribution in [-0.4, -0.2) is 23.7 Å². The number of amides is 2. The molecule has 5 nitrogen and oxygen atoms in total. The summed E-state index contributed by atoms with van der Waals surface area (Å²) in [5.41, 5.74) is 2.49. The first-order valence-electron chi connectivity index (χ1n) is 12.1. The second-order valence-electron chi connectivity index (χ2n) is 8.40. The van der Waals surface area contributed by atoms with E-state index in [0.29, 0.717) is 17.9 Å². The lowest BCUT2D eigenvalue weighted by molar-refractivity contribution is -0.118. The molecule has 0 saturated heterocycles. The molecule has 37 heavy (non-hydrogen) atoms. The third-order valence-electron chi connectivity index (χ3n) is 5.81. The van der Waals surface area contributed by atoms with E-state index in [0.717, 1.165) is 26.1 Å². The normalized spacial score (nSPS) is 12.7. The second kappa shape index (κ2) is 11.6. The number of benzene rings is 4.